The van der Waals surface area contributed by atoms with Crippen LogP contribution < -0.4 is 9.62 Å². The number of sulfonamides is 1. The number of likely N-dealkylation sites (N-methyl/N-ethyl adjacent to an activating group) is 1. The predicted molar refractivity (Wildman–Crippen MR) is 129 cm³/mol. The van der Waals surface area contributed by atoms with Crippen LogP contribution in [-0.4, -0.2) is 55.9 Å². The average Bonchev–Trinajstić information content (AvgIpc) is 2.76. The molecule has 0 bridgehead atoms. The van der Waals surface area contributed by atoms with Gasteiger partial charge in [0.15, 0.2) is 5.03 Å². The summed E-state index contributed by atoms with van der Waals surface area (Å²) in [5, 5.41) is 0.223. The molecule has 1 aliphatic rings. The molecule has 0 aliphatic carbocycles. The molecule has 2 aromatic heterocycles. The molecular weight excluding hydrogens is 462 g/mol. The second-order valence-corrected chi connectivity index (χ2v) is 10.1. The van der Waals surface area contributed by atoms with Gasteiger partial charge in [-0.1, -0.05) is 35.9 Å². The van der Waals surface area contributed by atoms with E-state index in [-0.39, 0.29) is 23.3 Å². The van der Waals surface area contributed by atoms with E-state index in [9.17, 15) is 13.2 Å². The summed E-state index contributed by atoms with van der Waals surface area (Å²) in [5.41, 5.74) is 3.32. The maximum Gasteiger partial charge on any atom is 0.280 e. The van der Waals surface area contributed by atoms with Crippen molar-refractivity contribution in [3.05, 3.63) is 64.7 Å². The van der Waals surface area contributed by atoms with Crippen LogP contribution in [0.4, 0.5) is 11.6 Å². The van der Waals surface area contributed by atoms with E-state index in [0.717, 1.165) is 16.7 Å². The van der Waals surface area contributed by atoms with Gasteiger partial charge in [-0.25, -0.2) is 9.97 Å². The lowest BCUT2D eigenvalue weighted by Gasteiger charge is -2.31. The molecule has 33 heavy (non-hydrogen) atoms. The third kappa shape index (κ3) is 4.85. The minimum absolute atomic E-state index is 0.125. The first-order valence-electron chi connectivity index (χ1n) is 10.4. The molecule has 0 atom stereocenters. The third-order valence-corrected chi connectivity index (χ3v) is 7.04. The summed E-state index contributed by atoms with van der Waals surface area (Å²) in [6.07, 6.45) is 0. The number of piperazine rings is 1. The number of hydrogen-bond acceptors (Lipinski definition) is 6. The molecule has 1 aromatic carbocycles. The fraction of sp³-hybridized carbons (Fsp3) is 0.261. The van der Waals surface area contributed by atoms with Gasteiger partial charge in [0.05, 0.1) is 17.3 Å². The van der Waals surface area contributed by atoms with E-state index in [1.54, 1.807) is 18.2 Å². The van der Waals surface area contributed by atoms with Crippen molar-refractivity contribution in [3.8, 4) is 11.3 Å². The lowest BCUT2D eigenvalue weighted by atomic mass is 9.99. The number of aryl methyl sites for hydroxylation is 2. The van der Waals surface area contributed by atoms with Crippen LogP contribution in [0.5, 0.6) is 0 Å². The molecule has 0 saturated carbocycles. The molecule has 1 amide bonds. The number of nitrogens with one attached hydrogen (secondary N) is 1. The molecule has 172 valence electrons. The summed E-state index contributed by atoms with van der Waals surface area (Å²) in [4.78, 5) is 24.5. The van der Waals surface area contributed by atoms with Gasteiger partial charge in [0.1, 0.15) is 11.6 Å². The van der Waals surface area contributed by atoms with E-state index in [1.807, 2.05) is 44.0 Å². The maximum absolute atomic E-state index is 13.1. The van der Waals surface area contributed by atoms with Crippen LogP contribution in [0.25, 0.3) is 11.3 Å². The van der Waals surface area contributed by atoms with E-state index in [0.29, 0.717) is 29.6 Å². The lowest BCUT2D eigenvalue weighted by molar-refractivity contribution is -0.120. The third-order valence-electron chi connectivity index (χ3n) is 5.48. The summed E-state index contributed by atoms with van der Waals surface area (Å²) in [5.74, 6) is 0.299. The topological polar surface area (TPSA) is 95.5 Å². The van der Waals surface area contributed by atoms with Crippen molar-refractivity contribution in [3.63, 3.8) is 0 Å². The molecule has 1 aliphatic heterocycles. The number of halogens is 1. The van der Waals surface area contributed by atoms with E-state index >= 15 is 0 Å². The number of amides is 1. The molecule has 1 saturated heterocycles. The summed E-state index contributed by atoms with van der Waals surface area (Å²) >= 11 is 6.40. The number of carbonyl (C=O) groups is 1. The number of carbonyl (C=O) groups excluding carboxylic acids is 1. The van der Waals surface area contributed by atoms with Crippen LogP contribution in [-0.2, 0) is 14.8 Å². The van der Waals surface area contributed by atoms with Gasteiger partial charge in [-0.05, 0) is 56.3 Å². The first-order chi connectivity index (χ1) is 15.7. The van der Waals surface area contributed by atoms with E-state index in [2.05, 4.69) is 14.7 Å². The Morgan fingerprint density at radius 1 is 0.970 bits per heavy atom. The number of anilines is 2. The van der Waals surface area contributed by atoms with Gasteiger partial charge in [0, 0.05) is 18.7 Å². The smallest absolute Gasteiger partial charge is 0.280 e. The molecule has 4 rings (SSSR count). The van der Waals surface area contributed by atoms with Gasteiger partial charge in [0.25, 0.3) is 10.0 Å². The molecule has 3 heterocycles. The van der Waals surface area contributed by atoms with Gasteiger partial charge in [-0.2, -0.15) is 8.42 Å². The monoisotopic (exact) mass is 485 g/mol. The molecule has 1 fully saturated rings. The minimum Gasteiger partial charge on any atom is -0.296 e. The van der Waals surface area contributed by atoms with Crippen LogP contribution in [0.15, 0.2) is 53.6 Å². The van der Waals surface area contributed by atoms with Crippen LogP contribution in [0.3, 0.4) is 0 Å². The molecule has 8 nitrogen and oxygen atoms in total. The van der Waals surface area contributed by atoms with Crippen molar-refractivity contribution in [2.75, 3.05) is 36.3 Å². The zero-order valence-electron chi connectivity index (χ0n) is 18.5. The van der Waals surface area contributed by atoms with Crippen LogP contribution >= 0.6 is 11.6 Å². The van der Waals surface area contributed by atoms with Crippen molar-refractivity contribution in [1.82, 2.24) is 14.9 Å². The van der Waals surface area contributed by atoms with Gasteiger partial charge >= 0.3 is 0 Å². The predicted octanol–water partition coefficient (Wildman–Crippen LogP) is 3.49. The highest BCUT2D eigenvalue weighted by atomic mass is 35.5. The van der Waals surface area contributed by atoms with Crippen molar-refractivity contribution < 1.29 is 13.2 Å². The summed E-state index contributed by atoms with van der Waals surface area (Å²) in [6.45, 7) is 5.28. The molecule has 1 N–H and O–H groups in total. The van der Waals surface area contributed by atoms with Crippen molar-refractivity contribution >= 4 is 39.2 Å². The highest BCUT2D eigenvalue weighted by Gasteiger charge is 2.26. The van der Waals surface area contributed by atoms with Gasteiger partial charge < -0.3 is 0 Å². The number of benzene rings is 1. The Hall–Kier alpha value is -3.01. The number of aromatic nitrogens is 2. The number of pyridine rings is 2. The van der Waals surface area contributed by atoms with E-state index < -0.39 is 10.0 Å². The summed E-state index contributed by atoms with van der Waals surface area (Å²) in [6, 6.07) is 13.5. The zero-order valence-corrected chi connectivity index (χ0v) is 20.1. The standard InChI is InChI=1S/C23H24ClN5O3S/c1-15-6-4-7-16(2)22(15)23-17(24)10-11-18(25-23)27-33(31,32)20-9-5-8-19(26-20)29-13-12-28(3)14-21(29)30/h4-11H,12-14H2,1-3H3,(H,25,27). The summed E-state index contributed by atoms with van der Waals surface area (Å²) < 4.78 is 28.6. The Labute approximate surface area is 198 Å². The Morgan fingerprint density at radius 3 is 2.36 bits per heavy atom. The zero-order chi connectivity index (χ0) is 23.8. The van der Waals surface area contributed by atoms with Crippen molar-refractivity contribution in [2.24, 2.45) is 0 Å². The average molecular weight is 486 g/mol. The number of rotatable bonds is 5. The molecular formula is C23H24ClN5O3S. The lowest BCUT2D eigenvalue weighted by Crippen LogP contribution is -2.49. The van der Waals surface area contributed by atoms with Gasteiger partial charge in [-0.15, -0.1) is 0 Å². The summed E-state index contributed by atoms with van der Waals surface area (Å²) in [7, 11) is -2.19. The normalized spacial score (nSPS) is 15.0. The number of nitrogens with zero attached hydrogens (tertiary/aromatic N) is 4. The first kappa shape index (κ1) is 23.2. The van der Waals surface area contributed by atoms with Crippen LogP contribution in [0, 0.1) is 13.8 Å². The first-order valence-corrected chi connectivity index (χ1v) is 12.2. The fourth-order valence-corrected chi connectivity index (χ4v) is 4.95. The Balaban J connectivity index is 1.64. The van der Waals surface area contributed by atoms with Gasteiger partial charge in [-0.3, -0.25) is 19.3 Å². The minimum atomic E-state index is -4.05. The van der Waals surface area contributed by atoms with E-state index in [1.165, 1.54) is 17.0 Å². The highest BCUT2D eigenvalue weighted by molar-refractivity contribution is 7.92. The molecule has 3 aromatic rings. The molecule has 0 spiro atoms. The van der Waals surface area contributed by atoms with Crippen molar-refractivity contribution in [2.45, 2.75) is 18.9 Å². The fourth-order valence-electron chi connectivity index (χ4n) is 3.79. The maximum atomic E-state index is 13.1. The second-order valence-electron chi connectivity index (χ2n) is 8.02. The largest absolute Gasteiger partial charge is 0.296 e. The number of hydrogen-bond donors (Lipinski definition) is 1. The van der Waals surface area contributed by atoms with Crippen LogP contribution in [0.2, 0.25) is 5.02 Å². The van der Waals surface area contributed by atoms with Crippen LogP contribution in [0.1, 0.15) is 11.1 Å². The molecule has 0 radical (unpaired) electrons. The Kier molecular flexibility index (Phi) is 6.38. The highest BCUT2D eigenvalue weighted by Crippen LogP contribution is 2.32. The molecule has 10 heteroatoms. The quantitative estimate of drug-likeness (QED) is 0.594. The SMILES string of the molecule is Cc1cccc(C)c1-c1nc(NS(=O)(=O)c2cccc(N3CCN(C)CC3=O)n2)ccc1Cl. The van der Waals surface area contributed by atoms with E-state index in [4.69, 9.17) is 11.6 Å². The Bertz CT molecular complexity index is 1310. The second kappa shape index (κ2) is 9.09. The van der Waals surface area contributed by atoms with Crippen molar-refractivity contribution in [1.29, 1.82) is 0 Å². The molecule has 0 unspecified atom stereocenters. The van der Waals surface area contributed by atoms with Gasteiger partial charge in [0.2, 0.25) is 5.91 Å². The Morgan fingerprint density at radius 2 is 1.67 bits per heavy atom.